The number of nitrogens with zero attached hydrogens (tertiary/aromatic N) is 1. The van der Waals surface area contributed by atoms with Gasteiger partial charge in [0.05, 0.1) is 18.9 Å². The second-order valence-electron chi connectivity index (χ2n) is 1.98. The molecule has 0 spiro atoms. The van der Waals surface area contributed by atoms with Crippen LogP contribution in [0.15, 0.2) is 4.99 Å². The zero-order valence-corrected chi connectivity index (χ0v) is 4.85. The third kappa shape index (κ3) is 1.95. The van der Waals surface area contributed by atoms with Crippen molar-refractivity contribution in [3.8, 4) is 0 Å². The quantitative estimate of drug-likeness (QED) is 0.589. The van der Waals surface area contributed by atoms with Gasteiger partial charge < -0.3 is 5.32 Å². The Morgan fingerprint density at radius 3 is 3.00 bits per heavy atom. The maximum absolute atomic E-state index is 11.6. The summed E-state index contributed by atoms with van der Waals surface area (Å²) in [5, 5.41) is 2.72. The average molecular weight is 134 g/mol. The molecule has 9 heavy (non-hydrogen) atoms. The molecule has 52 valence electrons. The van der Waals surface area contributed by atoms with Gasteiger partial charge in [-0.15, -0.1) is 0 Å². The summed E-state index contributed by atoms with van der Waals surface area (Å²) in [6.07, 6.45) is -0.836. The minimum Gasteiger partial charge on any atom is -0.372 e. The van der Waals surface area contributed by atoms with Crippen LogP contribution in [0.3, 0.4) is 0 Å². The van der Waals surface area contributed by atoms with E-state index in [0.717, 1.165) is 0 Å². The minimum absolute atomic E-state index is 0.0972. The van der Waals surface area contributed by atoms with Crippen molar-refractivity contribution in [1.29, 1.82) is 0 Å². The van der Waals surface area contributed by atoms with E-state index in [-0.39, 0.29) is 12.5 Å². The molecule has 0 aromatic rings. The monoisotopic (exact) mass is 134 g/mol. The first kappa shape index (κ1) is 6.45. The molecular formula is C5H8F2N2. The highest BCUT2D eigenvalue weighted by Crippen LogP contribution is 2.05. The first-order valence-corrected chi connectivity index (χ1v) is 2.81. The van der Waals surface area contributed by atoms with Crippen molar-refractivity contribution < 1.29 is 8.78 Å². The second kappa shape index (κ2) is 2.75. The molecule has 1 aliphatic heterocycles. The van der Waals surface area contributed by atoms with Gasteiger partial charge in [-0.05, 0) is 0 Å². The number of hydrogen-bond acceptors (Lipinski definition) is 2. The van der Waals surface area contributed by atoms with E-state index >= 15 is 0 Å². The van der Waals surface area contributed by atoms with Crippen LogP contribution in [0.2, 0.25) is 0 Å². The fraction of sp³-hybridized carbons (Fsp3) is 0.800. The molecule has 0 amide bonds. The molecule has 4 heteroatoms. The molecule has 0 fully saturated rings. The predicted molar refractivity (Wildman–Crippen MR) is 30.9 cm³/mol. The van der Waals surface area contributed by atoms with E-state index in [4.69, 9.17) is 0 Å². The number of nitrogens with one attached hydrogen (secondary N) is 1. The van der Waals surface area contributed by atoms with E-state index < -0.39 is 6.43 Å². The number of alkyl halides is 2. The van der Waals surface area contributed by atoms with Crippen molar-refractivity contribution in [2.75, 3.05) is 6.54 Å². The van der Waals surface area contributed by atoms with E-state index in [2.05, 4.69) is 10.3 Å². The Hall–Kier alpha value is -0.670. The van der Waals surface area contributed by atoms with Gasteiger partial charge in [0.2, 0.25) is 6.43 Å². The summed E-state index contributed by atoms with van der Waals surface area (Å²) >= 11 is 0. The van der Waals surface area contributed by atoms with Crippen LogP contribution in [0.1, 0.15) is 6.42 Å². The molecule has 2 nitrogen and oxygen atoms in total. The zero-order valence-electron chi connectivity index (χ0n) is 4.85. The summed E-state index contributed by atoms with van der Waals surface area (Å²) in [5.41, 5.74) is 0. The third-order valence-electron chi connectivity index (χ3n) is 1.19. The molecule has 0 aromatic carbocycles. The molecule has 1 N–H and O–H groups in total. The summed E-state index contributed by atoms with van der Waals surface area (Å²) in [7, 11) is 0. The van der Waals surface area contributed by atoms with Crippen molar-refractivity contribution in [2.45, 2.75) is 18.9 Å². The molecule has 0 radical (unpaired) electrons. The second-order valence-corrected chi connectivity index (χ2v) is 1.98. The normalized spacial score (nSPS) is 25.0. The SMILES string of the molecule is FC(F)CC1CN=CN1. The topological polar surface area (TPSA) is 24.4 Å². The largest absolute Gasteiger partial charge is 0.372 e. The fourth-order valence-corrected chi connectivity index (χ4v) is 0.748. The summed E-state index contributed by atoms with van der Waals surface area (Å²) in [6.45, 7) is 0.490. The van der Waals surface area contributed by atoms with E-state index in [1.54, 1.807) is 0 Å². The molecular weight excluding hydrogens is 126 g/mol. The zero-order chi connectivity index (χ0) is 6.69. The highest BCUT2D eigenvalue weighted by atomic mass is 19.3. The van der Waals surface area contributed by atoms with Crippen LogP contribution in [0.25, 0.3) is 0 Å². The first-order chi connectivity index (χ1) is 4.29. The third-order valence-corrected chi connectivity index (χ3v) is 1.19. The van der Waals surface area contributed by atoms with Gasteiger partial charge in [0, 0.05) is 6.42 Å². The number of rotatable bonds is 2. The molecule has 0 aromatic heterocycles. The van der Waals surface area contributed by atoms with Crippen LogP contribution < -0.4 is 5.32 Å². The van der Waals surface area contributed by atoms with Crippen LogP contribution in [0.4, 0.5) is 8.78 Å². The van der Waals surface area contributed by atoms with Gasteiger partial charge in [-0.2, -0.15) is 0 Å². The Kier molecular flexibility index (Phi) is 1.97. The molecule has 1 atom stereocenters. The maximum atomic E-state index is 11.6. The molecule has 1 rings (SSSR count). The van der Waals surface area contributed by atoms with Crippen molar-refractivity contribution in [3.05, 3.63) is 0 Å². The molecule has 0 saturated heterocycles. The van der Waals surface area contributed by atoms with Crippen LogP contribution in [0.5, 0.6) is 0 Å². The van der Waals surface area contributed by atoms with Crippen molar-refractivity contribution in [1.82, 2.24) is 5.32 Å². The fourth-order valence-electron chi connectivity index (χ4n) is 0.748. The van der Waals surface area contributed by atoms with Crippen LogP contribution in [-0.4, -0.2) is 25.4 Å². The lowest BCUT2D eigenvalue weighted by Crippen LogP contribution is -2.26. The van der Waals surface area contributed by atoms with Crippen molar-refractivity contribution in [3.63, 3.8) is 0 Å². The van der Waals surface area contributed by atoms with E-state index in [9.17, 15) is 8.78 Å². The van der Waals surface area contributed by atoms with E-state index in [1.807, 2.05) is 0 Å². The molecule has 0 bridgehead atoms. The lowest BCUT2D eigenvalue weighted by atomic mass is 10.2. The van der Waals surface area contributed by atoms with Crippen molar-refractivity contribution >= 4 is 6.34 Å². The Balaban J connectivity index is 2.14. The average Bonchev–Trinajstić information content (AvgIpc) is 2.15. The van der Waals surface area contributed by atoms with Crippen LogP contribution in [0, 0.1) is 0 Å². The van der Waals surface area contributed by atoms with Gasteiger partial charge in [-0.3, -0.25) is 4.99 Å². The number of aliphatic imine (C=N–C) groups is 1. The summed E-state index contributed by atoms with van der Waals surface area (Å²) < 4.78 is 23.2. The lowest BCUT2D eigenvalue weighted by molar-refractivity contribution is 0.128. The lowest BCUT2D eigenvalue weighted by Gasteiger charge is -2.06. The summed E-state index contributed by atoms with van der Waals surface area (Å²) in [6, 6.07) is -0.134. The summed E-state index contributed by atoms with van der Waals surface area (Å²) in [4.78, 5) is 3.75. The van der Waals surface area contributed by atoms with Gasteiger partial charge in [-0.25, -0.2) is 8.78 Å². The Morgan fingerprint density at radius 2 is 2.56 bits per heavy atom. The Labute approximate surface area is 52.0 Å². The predicted octanol–water partition coefficient (Wildman–Crippen LogP) is 0.642. The standard InChI is InChI=1S/C5H8F2N2/c6-5(7)1-4-2-8-3-9-4/h3-5H,1-2H2,(H,8,9). The van der Waals surface area contributed by atoms with Crippen LogP contribution >= 0.6 is 0 Å². The smallest absolute Gasteiger partial charge is 0.240 e. The summed E-state index contributed by atoms with van der Waals surface area (Å²) in [5.74, 6) is 0. The van der Waals surface area contributed by atoms with Gasteiger partial charge in [-0.1, -0.05) is 0 Å². The molecule has 0 aliphatic carbocycles. The van der Waals surface area contributed by atoms with E-state index in [0.29, 0.717) is 6.54 Å². The van der Waals surface area contributed by atoms with Gasteiger partial charge in [0.25, 0.3) is 0 Å². The van der Waals surface area contributed by atoms with Gasteiger partial charge in [0.15, 0.2) is 0 Å². The maximum Gasteiger partial charge on any atom is 0.240 e. The van der Waals surface area contributed by atoms with Crippen LogP contribution in [-0.2, 0) is 0 Å². The Morgan fingerprint density at radius 1 is 1.78 bits per heavy atom. The van der Waals surface area contributed by atoms with Gasteiger partial charge in [0.1, 0.15) is 0 Å². The first-order valence-electron chi connectivity index (χ1n) is 2.81. The Bertz CT molecular complexity index is 106. The molecule has 1 unspecified atom stereocenters. The number of halogens is 2. The highest BCUT2D eigenvalue weighted by Gasteiger charge is 2.15. The van der Waals surface area contributed by atoms with E-state index in [1.165, 1.54) is 6.34 Å². The van der Waals surface area contributed by atoms with Gasteiger partial charge >= 0.3 is 0 Å². The molecule has 1 heterocycles. The molecule has 0 saturated carbocycles. The minimum atomic E-state index is -2.22. The van der Waals surface area contributed by atoms with Crippen molar-refractivity contribution in [2.24, 2.45) is 4.99 Å². The highest BCUT2D eigenvalue weighted by molar-refractivity contribution is 5.57. The molecule has 1 aliphatic rings. The number of hydrogen-bond donors (Lipinski definition) is 1.